The van der Waals surface area contributed by atoms with Crippen LogP contribution in [0.2, 0.25) is 0 Å². The zero-order valence-corrected chi connectivity index (χ0v) is 10.2. The zero-order chi connectivity index (χ0) is 13.1. The fraction of sp³-hybridized carbons (Fsp3) is 0. The zero-order valence-electron chi connectivity index (χ0n) is 10.2. The second kappa shape index (κ2) is 4.94. The lowest BCUT2D eigenvalue weighted by atomic mass is 10.0. The van der Waals surface area contributed by atoms with E-state index in [2.05, 4.69) is 0 Å². The van der Waals surface area contributed by atoms with Crippen LogP contribution in [0.25, 0.3) is 11.3 Å². The number of hydrogen-bond acceptors (Lipinski definition) is 2. The molecule has 92 valence electrons. The summed E-state index contributed by atoms with van der Waals surface area (Å²) >= 11 is 0. The van der Waals surface area contributed by atoms with Gasteiger partial charge in [-0.25, -0.2) is 0 Å². The van der Waals surface area contributed by atoms with Gasteiger partial charge in [-0.05, 0) is 6.07 Å². The number of furan rings is 1. The molecular formula is C17H12O2. The van der Waals surface area contributed by atoms with E-state index in [1.165, 1.54) is 0 Å². The number of ketones is 1. The summed E-state index contributed by atoms with van der Waals surface area (Å²) in [5, 5.41) is 0. The van der Waals surface area contributed by atoms with Gasteiger partial charge >= 0.3 is 0 Å². The van der Waals surface area contributed by atoms with Crippen LogP contribution in [-0.4, -0.2) is 5.78 Å². The molecule has 0 unspecified atom stereocenters. The van der Waals surface area contributed by atoms with E-state index in [4.69, 9.17) is 4.42 Å². The van der Waals surface area contributed by atoms with Gasteiger partial charge in [-0.15, -0.1) is 0 Å². The average Bonchev–Trinajstić information content (AvgIpc) is 2.98. The summed E-state index contributed by atoms with van der Waals surface area (Å²) in [5.41, 5.74) is 2.17. The van der Waals surface area contributed by atoms with Crippen LogP contribution in [0.3, 0.4) is 0 Å². The third kappa shape index (κ3) is 2.20. The van der Waals surface area contributed by atoms with E-state index in [0.717, 1.165) is 5.56 Å². The molecule has 1 aromatic heterocycles. The Hall–Kier alpha value is -2.61. The van der Waals surface area contributed by atoms with Gasteiger partial charge in [-0.3, -0.25) is 4.79 Å². The Bertz CT molecular complexity index is 682. The van der Waals surface area contributed by atoms with Crippen LogP contribution in [0.15, 0.2) is 77.4 Å². The maximum atomic E-state index is 12.4. The van der Waals surface area contributed by atoms with Crippen molar-refractivity contribution in [2.75, 3.05) is 0 Å². The van der Waals surface area contributed by atoms with Crippen LogP contribution in [0, 0.1) is 0 Å². The second-order valence-corrected chi connectivity index (χ2v) is 4.22. The van der Waals surface area contributed by atoms with Crippen molar-refractivity contribution in [3.8, 4) is 11.3 Å². The largest absolute Gasteiger partial charge is 0.464 e. The molecule has 0 fully saturated rings. The van der Waals surface area contributed by atoms with E-state index in [-0.39, 0.29) is 5.78 Å². The smallest absolute Gasteiger partial charge is 0.196 e. The highest BCUT2D eigenvalue weighted by atomic mass is 16.3. The van der Waals surface area contributed by atoms with Gasteiger partial charge in [0, 0.05) is 11.1 Å². The quantitative estimate of drug-likeness (QED) is 0.651. The van der Waals surface area contributed by atoms with Gasteiger partial charge in [-0.2, -0.15) is 0 Å². The van der Waals surface area contributed by atoms with Gasteiger partial charge in [0.05, 0.1) is 11.8 Å². The normalized spacial score (nSPS) is 10.3. The summed E-state index contributed by atoms with van der Waals surface area (Å²) in [6, 6.07) is 20.6. The highest BCUT2D eigenvalue weighted by Gasteiger charge is 2.17. The summed E-state index contributed by atoms with van der Waals surface area (Å²) in [7, 11) is 0. The lowest BCUT2D eigenvalue weighted by Gasteiger charge is -2.02. The molecule has 0 saturated carbocycles. The molecule has 0 saturated heterocycles. The van der Waals surface area contributed by atoms with Gasteiger partial charge in [0.1, 0.15) is 5.76 Å². The van der Waals surface area contributed by atoms with Gasteiger partial charge in [-0.1, -0.05) is 60.7 Å². The van der Waals surface area contributed by atoms with Crippen molar-refractivity contribution < 1.29 is 9.21 Å². The van der Waals surface area contributed by atoms with Crippen LogP contribution < -0.4 is 0 Å². The second-order valence-electron chi connectivity index (χ2n) is 4.22. The first-order valence-electron chi connectivity index (χ1n) is 6.09. The molecule has 0 N–H and O–H groups in total. The minimum Gasteiger partial charge on any atom is -0.464 e. The molecule has 2 aromatic carbocycles. The molecule has 2 heteroatoms. The topological polar surface area (TPSA) is 30.2 Å². The fourth-order valence-electron chi connectivity index (χ4n) is 2.05. The highest BCUT2D eigenvalue weighted by molar-refractivity contribution is 6.12. The molecule has 19 heavy (non-hydrogen) atoms. The SMILES string of the molecule is O=C(c1ccccc1)c1ccoc1-c1ccccc1. The summed E-state index contributed by atoms with van der Waals surface area (Å²) in [6.45, 7) is 0. The molecule has 0 atom stereocenters. The summed E-state index contributed by atoms with van der Waals surface area (Å²) in [6.07, 6.45) is 1.55. The Morgan fingerprint density at radius 3 is 2.11 bits per heavy atom. The van der Waals surface area contributed by atoms with Crippen molar-refractivity contribution in [1.82, 2.24) is 0 Å². The van der Waals surface area contributed by atoms with Crippen LogP contribution in [0.1, 0.15) is 15.9 Å². The van der Waals surface area contributed by atoms with E-state index in [9.17, 15) is 4.79 Å². The third-order valence-corrected chi connectivity index (χ3v) is 2.98. The van der Waals surface area contributed by atoms with Crippen molar-refractivity contribution in [2.45, 2.75) is 0 Å². The number of rotatable bonds is 3. The molecule has 0 spiro atoms. The maximum Gasteiger partial charge on any atom is 0.196 e. The van der Waals surface area contributed by atoms with Crippen molar-refractivity contribution in [1.29, 1.82) is 0 Å². The Balaban J connectivity index is 2.04. The minimum atomic E-state index is -0.0202. The van der Waals surface area contributed by atoms with Gasteiger partial charge in [0.2, 0.25) is 0 Å². The predicted octanol–water partition coefficient (Wildman–Crippen LogP) is 4.18. The first kappa shape index (κ1) is 11.5. The van der Waals surface area contributed by atoms with Crippen LogP contribution in [-0.2, 0) is 0 Å². The van der Waals surface area contributed by atoms with E-state index < -0.39 is 0 Å². The molecule has 0 aliphatic rings. The van der Waals surface area contributed by atoms with Crippen molar-refractivity contribution in [3.63, 3.8) is 0 Å². The number of benzene rings is 2. The summed E-state index contributed by atoms with van der Waals surface area (Å²) in [4.78, 5) is 12.4. The minimum absolute atomic E-state index is 0.0202. The Morgan fingerprint density at radius 1 is 0.789 bits per heavy atom. The first-order chi connectivity index (χ1) is 9.36. The average molecular weight is 248 g/mol. The molecule has 2 nitrogen and oxygen atoms in total. The number of carbonyl (C=O) groups excluding carboxylic acids is 1. The lowest BCUT2D eigenvalue weighted by molar-refractivity contribution is 0.103. The Morgan fingerprint density at radius 2 is 1.42 bits per heavy atom. The summed E-state index contributed by atoms with van der Waals surface area (Å²) in [5.74, 6) is 0.600. The molecule has 0 amide bonds. The molecule has 3 aromatic rings. The maximum absolute atomic E-state index is 12.4. The Labute approximate surface area is 111 Å². The molecule has 0 aliphatic heterocycles. The standard InChI is InChI=1S/C17H12O2/c18-16(13-7-3-1-4-8-13)15-11-12-19-17(15)14-9-5-2-6-10-14/h1-12H. The fourth-order valence-corrected chi connectivity index (χ4v) is 2.05. The van der Waals surface area contributed by atoms with E-state index in [1.807, 2.05) is 60.7 Å². The van der Waals surface area contributed by atoms with Crippen molar-refractivity contribution in [3.05, 3.63) is 84.1 Å². The number of hydrogen-bond donors (Lipinski definition) is 0. The monoisotopic (exact) mass is 248 g/mol. The van der Waals surface area contributed by atoms with Gasteiger partial charge in [0.25, 0.3) is 0 Å². The van der Waals surface area contributed by atoms with Crippen molar-refractivity contribution in [2.24, 2.45) is 0 Å². The summed E-state index contributed by atoms with van der Waals surface area (Å²) < 4.78 is 5.47. The molecule has 1 heterocycles. The van der Waals surface area contributed by atoms with Gasteiger partial charge in [0.15, 0.2) is 5.78 Å². The highest BCUT2D eigenvalue weighted by Crippen LogP contribution is 2.26. The Kier molecular flexibility index (Phi) is 2.99. The van der Waals surface area contributed by atoms with Gasteiger partial charge < -0.3 is 4.42 Å². The molecule has 0 bridgehead atoms. The van der Waals surface area contributed by atoms with E-state index in [0.29, 0.717) is 16.9 Å². The molecule has 0 aliphatic carbocycles. The molecule has 3 rings (SSSR count). The number of carbonyl (C=O) groups is 1. The van der Waals surface area contributed by atoms with Crippen LogP contribution in [0.4, 0.5) is 0 Å². The first-order valence-corrected chi connectivity index (χ1v) is 6.09. The van der Waals surface area contributed by atoms with E-state index in [1.54, 1.807) is 12.3 Å². The molecular weight excluding hydrogens is 236 g/mol. The molecule has 0 radical (unpaired) electrons. The predicted molar refractivity (Wildman–Crippen MR) is 74.0 cm³/mol. The van der Waals surface area contributed by atoms with E-state index >= 15 is 0 Å². The van der Waals surface area contributed by atoms with Crippen molar-refractivity contribution >= 4 is 5.78 Å². The third-order valence-electron chi connectivity index (χ3n) is 2.98. The van der Waals surface area contributed by atoms with Crippen LogP contribution in [0.5, 0.6) is 0 Å². The van der Waals surface area contributed by atoms with Crippen LogP contribution >= 0.6 is 0 Å². The lowest BCUT2D eigenvalue weighted by Crippen LogP contribution is -2.00.